The van der Waals surface area contributed by atoms with Crippen molar-refractivity contribution in [1.82, 2.24) is 19.9 Å². The van der Waals surface area contributed by atoms with Crippen molar-refractivity contribution >= 4 is 17.5 Å². The molecule has 0 aliphatic heterocycles. The molecule has 0 unspecified atom stereocenters. The quantitative estimate of drug-likeness (QED) is 0.752. The number of nitrogens with two attached hydrogens (primary N) is 1. The van der Waals surface area contributed by atoms with Gasteiger partial charge in [0.1, 0.15) is 5.82 Å². The fourth-order valence-corrected chi connectivity index (χ4v) is 1.37. The summed E-state index contributed by atoms with van der Waals surface area (Å²) in [6.45, 7) is 3.89. The average molecular weight is 246 g/mol. The van der Waals surface area contributed by atoms with Crippen LogP contribution in [0.1, 0.15) is 36.1 Å². The van der Waals surface area contributed by atoms with Crippen LogP contribution in [0.4, 0.5) is 11.6 Å². The zero-order chi connectivity index (χ0) is 13.1. The summed E-state index contributed by atoms with van der Waals surface area (Å²) in [7, 11) is 0. The zero-order valence-corrected chi connectivity index (χ0v) is 10.1. The van der Waals surface area contributed by atoms with Crippen molar-refractivity contribution in [1.29, 1.82) is 0 Å². The largest absolute Gasteiger partial charge is 0.396 e. The number of imidazole rings is 1. The van der Waals surface area contributed by atoms with Gasteiger partial charge in [0.05, 0.1) is 11.9 Å². The van der Waals surface area contributed by atoms with Crippen molar-refractivity contribution in [3.8, 4) is 0 Å². The Kier molecular flexibility index (Phi) is 3.22. The van der Waals surface area contributed by atoms with E-state index in [4.69, 9.17) is 5.73 Å². The van der Waals surface area contributed by atoms with Crippen LogP contribution in [0.3, 0.4) is 0 Å². The van der Waals surface area contributed by atoms with Gasteiger partial charge in [-0.25, -0.2) is 15.0 Å². The maximum Gasteiger partial charge on any atom is 0.278 e. The Hall–Kier alpha value is -2.44. The lowest BCUT2D eigenvalue weighted by atomic mass is 10.2. The van der Waals surface area contributed by atoms with Crippen LogP contribution >= 0.6 is 0 Å². The summed E-state index contributed by atoms with van der Waals surface area (Å²) in [4.78, 5) is 26.9. The molecule has 7 nitrogen and oxygen atoms in total. The van der Waals surface area contributed by atoms with Gasteiger partial charge in [-0.15, -0.1) is 0 Å². The highest BCUT2D eigenvalue weighted by atomic mass is 16.2. The van der Waals surface area contributed by atoms with Crippen LogP contribution in [0.25, 0.3) is 0 Å². The Bertz CT molecular complexity index is 549. The zero-order valence-electron chi connectivity index (χ0n) is 10.1. The molecule has 2 heterocycles. The van der Waals surface area contributed by atoms with Gasteiger partial charge in [0.2, 0.25) is 5.95 Å². The number of hydrogen-bond donors (Lipinski definition) is 3. The fourth-order valence-electron chi connectivity index (χ4n) is 1.37. The van der Waals surface area contributed by atoms with E-state index in [1.54, 1.807) is 12.4 Å². The molecule has 2 aromatic heterocycles. The molecule has 1 amide bonds. The molecular formula is C11H14N6O. The van der Waals surface area contributed by atoms with Gasteiger partial charge in [-0.3, -0.25) is 10.1 Å². The normalized spacial score (nSPS) is 10.6. The fraction of sp³-hybridized carbons (Fsp3) is 0.273. The van der Waals surface area contributed by atoms with Crippen molar-refractivity contribution < 1.29 is 4.79 Å². The molecule has 0 saturated heterocycles. The van der Waals surface area contributed by atoms with Crippen molar-refractivity contribution in [2.75, 3.05) is 11.1 Å². The second kappa shape index (κ2) is 4.82. The predicted molar refractivity (Wildman–Crippen MR) is 67.1 cm³/mol. The third kappa shape index (κ3) is 2.45. The van der Waals surface area contributed by atoms with Crippen LogP contribution in [0.2, 0.25) is 0 Å². The first-order valence-electron chi connectivity index (χ1n) is 5.51. The Morgan fingerprint density at radius 2 is 2.22 bits per heavy atom. The Morgan fingerprint density at radius 1 is 1.44 bits per heavy atom. The van der Waals surface area contributed by atoms with Gasteiger partial charge in [-0.2, -0.15) is 0 Å². The van der Waals surface area contributed by atoms with Crippen molar-refractivity contribution in [2.45, 2.75) is 19.8 Å². The van der Waals surface area contributed by atoms with Gasteiger partial charge >= 0.3 is 0 Å². The first-order chi connectivity index (χ1) is 8.58. The number of nitrogens with one attached hydrogen (secondary N) is 2. The molecule has 0 bridgehead atoms. The van der Waals surface area contributed by atoms with E-state index in [2.05, 4.69) is 25.3 Å². The van der Waals surface area contributed by atoms with E-state index in [0.717, 1.165) is 0 Å². The van der Waals surface area contributed by atoms with Gasteiger partial charge in [-0.05, 0) is 0 Å². The number of anilines is 2. The number of rotatable bonds is 3. The highest BCUT2D eigenvalue weighted by molar-refractivity contribution is 6.05. The van der Waals surface area contributed by atoms with Gasteiger partial charge in [0.25, 0.3) is 5.91 Å². The molecule has 0 aliphatic carbocycles. The first kappa shape index (κ1) is 12.0. The minimum absolute atomic E-state index is 0.126. The maximum atomic E-state index is 12.0. The number of amides is 1. The molecule has 2 rings (SSSR count). The van der Waals surface area contributed by atoms with Crippen molar-refractivity contribution in [3.63, 3.8) is 0 Å². The second-order valence-electron chi connectivity index (χ2n) is 4.08. The molecule has 0 aromatic carbocycles. The molecule has 0 fully saturated rings. The summed E-state index contributed by atoms with van der Waals surface area (Å²) >= 11 is 0. The Morgan fingerprint density at radius 3 is 2.83 bits per heavy atom. The summed E-state index contributed by atoms with van der Waals surface area (Å²) in [5, 5.41) is 2.57. The molecule has 94 valence electrons. The van der Waals surface area contributed by atoms with Crippen molar-refractivity contribution in [3.05, 3.63) is 30.1 Å². The number of hydrogen-bond acceptors (Lipinski definition) is 5. The third-order valence-corrected chi connectivity index (χ3v) is 2.30. The number of aromatic amines is 1. The molecule has 0 atom stereocenters. The van der Waals surface area contributed by atoms with E-state index in [9.17, 15) is 4.79 Å². The van der Waals surface area contributed by atoms with E-state index >= 15 is 0 Å². The lowest BCUT2D eigenvalue weighted by molar-refractivity contribution is 0.102. The molecule has 18 heavy (non-hydrogen) atoms. The molecule has 0 radical (unpaired) electrons. The monoisotopic (exact) mass is 246 g/mol. The minimum atomic E-state index is -0.410. The lowest BCUT2D eigenvalue weighted by Crippen LogP contribution is -2.18. The number of carbonyl (C=O) groups excluding carboxylic acids is 1. The van der Waals surface area contributed by atoms with Crippen molar-refractivity contribution in [2.24, 2.45) is 0 Å². The SMILES string of the molecule is CC(C)c1ncc(N)c(C(=O)Nc2ncc[nH]2)n1. The van der Waals surface area contributed by atoms with Crippen LogP contribution in [0.15, 0.2) is 18.6 Å². The molecule has 0 saturated carbocycles. The summed E-state index contributed by atoms with van der Waals surface area (Å²) in [6, 6.07) is 0. The standard InChI is InChI=1S/C11H14N6O/c1-6(2)9-15-5-7(12)8(16-9)10(18)17-11-13-3-4-14-11/h3-6H,12H2,1-2H3,(H2,13,14,17,18). The lowest BCUT2D eigenvalue weighted by Gasteiger charge is -2.08. The van der Waals surface area contributed by atoms with Crippen LogP contribution in [-0.2, 0) is 0 Å². The van der Waals surface area contributed by atoms with Gasteiger partial charge < -0.3 is 10.7 Å². The molecule has 0 spiro atoms. The van der Waals surface area contributed by atoms with Gasteiger partial charge in [0.15, 0.2) is 5.69 Å². The number of nitrogens with zero attached hydrogens (tertiary/aromatic N) is 3. The summed E-state index contributed by atoms with van der Waals surface area (Å²) in [5.74, 6) is 0.644. The molecular weight excluding hydrogens is 232 g/mol. The van der Waals surface area contributed by atoms with Crippen LogP contribution in [-0.4, -0.2) is 25.8 Å². The van der Waals surface area contributed by atoms with Gasteiger partial charge in [-0.1, -0.05) is 13.8 Å². The molecule has 4 N–H and O–H groups in total. The summed E-state index contributed by atoms with van der Waals surface area (Å²) < 4.78 is 0. The van der Waals surface area contributed by atoms with Crippen LogP contribution in [0, 0.1) is 0 Å². The average Bonchev–Trinajstić information content (AvgIpc) is 2.81. The minimum Gasteiger partial charge on any atom is -0.396 e. The number of carbonyl (C=O) groups is 1. The smallest absolute Gasteiger partial charge is 0.278 e. The number of H-pyrrole nitrogens is 1. The molecule has 2 aromatic rings. The Labute approximate surface area is 104 Å². The van der Waals surface area contributed by atoms with E-state index < -0.39 is 5.91 Å². The summed E-state index contributed by atoms with van der Waals surface area (Å²) in [5.41, 5.74) is 6.10. The highest BCUT2D eigenvalue weighted by Gasteiger charge is 2.15. The van der Waals surface area contributed by atoms with E-state index in [1.807, 2.05) is 13.8 Å². The topological polar surface area (TPSA) is 110 Å². The molecule has 0 aliphatic rings. The third-order valence-electron chi connectivity index (χ3n) is 2.30. The van der Waals surface area contributed by atoms with E-state index in [1.165, 1.54) is 6.20 Å². The number of aromatic nitrogens is 4. The predicted octanol–water partition coefficient (Wildman–Crippen LogP) is 1.16. The van der Waals surface area contributed by atoms with Gasteiger partial charge in [0, 0.05) is 18.3 Å². The first-order valence-corrected chi connectivity index (χ1v) is 5.51. The van der Waals surface area contributed by atoms with E-state index in [0.29, 0.717) is 11.8 Å². The summed E-state index contributed by atoms with van der Waals surface area (Å²) in [6.07, 6.45) is 4.59. The molecule has 7 heteroatoms. The van der Waals surface area contributed by atoms with Crippen LogP contribution < -0.4 is 11.1 Å². The maximum absolute atomic E-state index is 12.0. The number of nitrogen functional groups attached to an aromatic ring is 1. The Balaban J connectivity index is 2.26. The second-order valence-corrected chi connectivity index (χ2v) is 4.08. The van der Waals surface area contributed by atoms with E-state index in [-0.39, 0.29) is 17.3 Å². The van der Waals surface area contributed by atoms with Crippen LogP contribution in [0.5, 0.6) is 0 Å². The highest BCUT2D eigenvalue weighted by Crippen LogP contribution is 2.14.